The summed E-state index contributed by atoms with van der Waals surface area (Å²) < 4.78 is 5.59. The molecular formula is C13H15N3OS. The fraction of sp³-hybridized carbons (Fsp3) is 0.231. The second-order valence-corrected chi connectivity index (χ2v) is 4.73. The van der Waals surface area contributed by atoms with E-state index < -0.39 is 0 Å². The molecule has 0 saturated carbocycles. The number of nitrogen functional groups attached to an aromatic ring is 1. The molecule has 0 aliphatic rings. The van der Waals surface area contributed by atoms with Crippen LogP contribution in [0.25, 0.3) is 0 Å². The lowest BCUT2D eigenvalue weighted by molar-refractivity contribution is 0.318. The first kappa shape index (κ1) is 12.7. The molecule has 4 nitrogen and oxygen atoms in total. The van der Waals surface area contributed by atoms with Crippen LogP contribution in [0.4, 0.5) is 5.69 Å². The van der Waals surface area contributed by atoms with E-state index in [1.54, 1.807) is 6.20 Å². The molecule has 2 rings (SSSR count). The average molecular weight is 261 g/mol. The second-order valence-electron chi connectivity index (χ2n) is 3.67. The Balaban J connectivity index is 2.18. The van der Waals surface area contributed by atoms with Crippen molar-refractivity contribution in [2.45, 2.75) is 23.3 Å². The molecule has 0 radical (unpaired) electrons. The SMILES string of the molecule is CCCOc1cccc(Sc2ccncn2)c1N. The molecule has 1 heterocycles. The summed E-state index contributed by atoms with van der Waals surface area (Å²) in [4.78, 5) is 9.00. The van der Waals surface area contributed by atoms with Crippen LogP contribution in [-0.2, 0) is 0 Å². The number of rotatable bonds is 5. The van der Waals surface area contributed by atoms with E-state index in [9.17, 15) is 0 Å². The third-order valence-corrected chi connectivity index (χ3v) is 3.28. The highest BCUT2D eigenvalue weighted by Crippen LogP contribution is 2.35. The third kappa shape index (κ3) is 3.13. The molecule has 0 unspecified atom stereocenters. The number of anilines is 1. The molecule has 0 spiro atoms. The van der Waals surface area contributed by atoms with Gasteiger partial charge in [0.1, 0.15) is 17.1 Å². The number of aromatic nitrogens is 2. The molecule has 1 aromatic heterocycles. The van der Waals surface area contributed by atoms with Crippen molar-refractivity contribution in [3.8, 4) is 5.75 Å². The largest absolute Gasteiger partial charge is 0.491 e. The number of nitrogens with zero attached hydrogens (tertiary/aromatic N) is 2. The summed E-state index contributed by atoms with van der Waals surface area (Å²) in [6, 6.07) is 7.63. The molecule has 0 aliphatic carbocycles. The summed E-state index contributed by atoms with van der Waals surface area (Å²) in [7, 11) is 0. The van der Waals surface area contributed by atoms with Gasteiger partial charge < -0.3 is 10.5 Å². The van der Waals surface area contributed by atoms with Crippen LogP contribution in [0.5, 0.6) is 5.75 Å². The summed E-state index contributed by atoms with van der Waals surface area (Å²) >= 11 is 1.51. The van der Waals surface area contributed by atoms with Crippen molar-refractivity contribution < 1.29 is 4.74 Å². The van der Waals surface area contributed by atoms with E-state index in [4.69, 9.17) is 10.5 Å². The van der Waals surface area contributed by atoms with Gasteiger partial charge in [0.25, 0.3) is 0 Å². The number of hydrogen-bond donors (Lipinski definition) is 1. The monoisotopic (exact) mass is 261 g/mol. The second kappa shape index (κ2) is 6.26. The zero-order valence-corrected chi connectivity index (χ0v) is 11.0. The van der Waals surface area contributed by atoms with Crippen LogP contribution < -0.4 is 10.5 Å². The molecule has 0 aliphatic heterocycles. The molecule has 0 bridgehead atoms. The highest BCUT2D eigenvalue weighted by molar-refractivity contribution is 7.99. The molecular weight excluding hydrogens is 246 g/mol. The molecule has 1 aromatic carbocycles. The maximum absolute atomic E-state index is 6.08. The standard InChI is InChI=1S/C13H15N3OS/c1-2-8-17-10-4-3-5-11(13(10)14)18-12-6-7-15-9-16-12/h3-7,9H,2,8,14H2,1H3. The van der Waals surface area contributed by atoms with Crippen molar-refractivity contribution in [3.05, 3.63) is 36.8 Å². The maximum Gasteiger partial charge on any atom is 0.143 e. The first-order chi connectivity index (χ1) is 8.81. The van der Waals surface area contributed by atoms with Crippen molar-refractivity contribution in [2.24, 2.45) is 0 Å². The van der Waals surface area contributed by atoms with Crippen molar-refractivity contribution >= 4 is 17.4 Å². The van der Waals surface area contributed by atoms with Gasteiger partial charge in [-0.25, -0.2) is 9.97 Å². The molecule has 0 amide bonds. The van der Waals surface area contributed by atoms with Crippen LogP contribution in [0.15, 0.2) is 46.7 Å². The van der Waals surface area contributed by atoms with Crippen molar-refractivity contribution in [1.29, 1.82) is 0 Å². The van der Waals surface area contributed by atoms with Crippen molar-refractivity contribution in [1.82, 2.24) is 9.97 Å². The number of hydrogen-bond acceptors (Lipinski definition) is 5. The molecule has 18 heavy (non-hydrogen) atoms. The number of ether oxygens (including phenoxy) is 1. The van der Waals surface area contributed by atoms with Gasteiger partial charge in [-0.3, -0.25) is 0 Å². The Bertz CT molecular complexity index is 505. The third-order valence-electron chi connectivity index (χ3n) is 2.26. The van der Waals surface area contributed by atoms with Gasteiger partial charge >= 0.3 is 0 Å². The van der Waals surface area contributed by atoms with E-state index in [1.165, 1.54) is 18.1 Å². The minimum Gasteiger partial charge on any atom is -0.491 e. The maximum atomic E-state index is 6.08. The van der Waals surface area contributed by atoms with Crippen LogP contribution in [0.3, 0.4) is 0 Å². The predicted molar refractivity (Wildman–Crippen MR) is 72.8 cm³/mol. The van der Waals surface area contributed by atoms with Gasteiger partial charge in [-0.2, -0.15) is 0 Å². The van der Waals surface area contributed by atoms with Crippen LogP contribution in [0, 0.1) is 0 Å². The quantitative estimate of drug-likeness (QED) is 0.662. The fourth-order valence-electron chi connectivity index (χ4n) is 1.40. The Morgan fingerprint density at radius 2 is 2.22 bits per heavy atom. The van der Waals surface area contributed by atoms with E-state index in [2.05, 4.69) is 16.9 Å². The van der Waals surface area contributed by atoms with E-state index in [-0.39, 0.29) is 0 Å². The highest BCUT2D eigenvalue weighted by Gasteiger charge is 2.07. The van der Waals surface area contributed by atoms with Gasteiger partial charge in [0.05, 0.1) is 12.3 Å². The molecule has 2 aromatic rings. The lowest BCUT2D eigenvalue weighted by atomic mass is 10.3. The van der Waals surface area contributed by atoms with Gasteiger partial charge in [-0.1, -0.05) is 24.8 Å². The Labute approximate surface area is 111 Å². The van der Waals surface area contributed by atoms with Gasteiger partial charge in [-0.15, -0.1) is 0 Å². The van der Waals surface area contributed by atoms with E-state index in [1.807, 2.05) is 24.3 Å². The summed E-state index contributed by atoms with van der Waals surface area (Å²) in [6.07, 6.45) is 4.20. The van der Waals surface area contributed by atoms with Gasteiger partial charge in [-0.05, 0) is 24.6 Å². The molecule has 0 atom stereocenters. The predicted octanol–water partition coefficient (Wildman–Crippen LogP) is 3.00. The molecule has 0 saturated heterocycles. The molecule has 5 heteroatoms. The van der Waals surface area contributed by atoms with Gasteiger partial charge in [0.2, 0.25) is 0 Å². The Hall–Kier alpha value is -1.75. The van der Waals surface area contributed by atoms with Crippen LogP contribution in [0.1, 0.15) is 13.3 Å². The zero-order valence-electron chi connectivity index (χ0n) is 10.2. The Kier molecular flexibility index (Phi) is 4.41. The summed E-state index contributed by atoms with van der Waals surface area (Å²) in [5.41, 5.74) is 6.74. The van der Waals surface area contributed by atoms with Crippen molar-refractivity contribution in [3.63, 3.8) is 0 Å². The van der Waals surface area contributed by atoms with E-state index >= 15 is 0 Å². The first-order valence-corrected chi connectivity index (χ1v) is 6.58. The highest BCUT2D eigenvalue weighted by atomic mass is 32.2. The fourth-order valence-corrected chi connectivity index (χ4v) is 2.21. The number of para-hydroxylation sites is 1. The van der Waals surface area contributed by atoms with Crippen LogP contribution >= 0.6 is 11.8 Å². The van der Waals surface area contributed by atoms with Crippen LogP contribution in [-0.4, -0.2) is 16.6 Å². The van der Waals surface area contributed by atoms with Crippen LogP contribution in [0.2, 0.25) is 0 Å². The lowest BCUT2D eigenvalue weighted by Gasteiger charge is -2.11. The Morgan fingerprint density at radius 3 is 2.94 bits per heavy atom. The topological polar surface area (TPSA) is 61.0 Å². The first-order valence-electron chi connectivity index (χ1n) is 5.76. The van der Waals surface area contributed by atoms with E-state index in [0.29, 0.717) is 12.3 Å². The number of benzene rings is 1. The van der Waals surface area contributed by atoms with Gasteiger partial charge in [0, 0.05) is 11.1 Å². The van der Waals surface area contributed by atoms with E-state index in [0.717, 1.165) is 22.1 Å². The van der Waals surface area contributed by atoms with Gasteiger partial charge in [0.15, 0.2) is 0 Å². The minimum absolute atomic E-state index is 0.662. The minimum atomic E-state index is 0.662. The average Bonchev–Trinajstić information content (AvgIpc) is 2.41. The zero-order chi connectivity index (χ0) is 12.8. The Morgan fingerprint density at radius 1 is 1.33 bits per heavy atom. The summed E-state index contributed by atoms with van der Waals surface area (Å²) in [5.74, 6) is 0.732. The summed E-state index contributed by atoms with van der Waals surface area (Å²) in [6.45, 7) is 2.74. The molecule has 2 N–H and O–H groups in total. The number of nitrogens with two attached hydrogens (primary N) is 1. The summed E-state index contributed by atoms with van der Waals surface area (Å²) in [5, 5.41) is 0.865. The molecule has 0 fully saturated rings. The lowest BCUT2D eigenvalue weighted by Crippen LogP contribution is -2.00. The molecule has 94 valence electrons. The smallest absolute Gasteiger partial charge is 0.143 e. The normalized spacial score (nSPS) is 10.3. The van der Waals surface area contributed by atoms with Crippen molar-refractivity contribution in [2.75, 3.05) is 12.3 Å².